The Hall–Kier alpha value is -0.570. The number of amides is 1. The van der Waals surface area contributed by atoms with Crippen molar-refractivity contribution in [3.05, 3.63) is 0 Å². The van der Waals surface area contributed by atoms with E-state index in [9.17, 15) is 9.90 Å². The Balaban J connectivity index is 1.88. The average molecular weight is 225 g/mol. The minimum absolute atomic E-state index is 0.0459. The van der Waals surface area contributed by atoms with E-state index >= 15 is 0 Å². The molecule has 0 aliphatic heterocycles. The van der Waals surface area contributed by atoms with Gasteiger partial charge in [-0.25, -0.2) is 0 Å². The predicted molar refractivity (Wildman–Crippen MR) is 62.8 cm³/mol. The molecule has 2 fully saturated rings. The van der Waals surface area contributed by atoms with Gasteiger partial charge in [0.15, 0.2) is 0 Å². The zero-order valence-corrected chi connectivity index (χ0v) is 10.3. The first kappa shape index (κ1) is 11.9. The van der Waals surface area contributed by atoms with Crippen molar-refractivity contribution in [2.24, 2.45) is 23.7 Å². The van der Waals surface area contributed by atoms with E-state index in [1.165, 1.54) is 19.3 Å². The van der Waals surface area contributed by atoms with Gasteiger partial charge in [-0.15, -0.1) is 0 Å². The Labute approximate surface area is 97.6 Å². The SMILES string of the molecule is CC(C)C(CO)NC(=O)C1CC2CCC1C2. The summed E-state index contributed by atoms with van der Waals surface area (Å²) in [4.78, 5) is 12.1. The fraction of sp³-hybridized carbons (Fsp3) is 0.923. The zero-order chi connectivity index (χ0) is 11.7. The molecule has 0 spiro atoms. The fourth-order valence-corrected chi connectivity index (χ4v) is 3.28. The number of hydrogen-bond donors (Lipinski definition) is 2. The van der Waals surface area contributed by atoms with E-state index in [1.807, 2.05) is 13.8 Å². The van der Waals surface area contributed by atoms with Gasteiger partial charge in [-0.2, -0.15) is 0 Å². The number of carbonyl (C=O) groups is 1. The van der Waals surface area contributed by atoms with Gasteiger partial charge < -0.3 is 10.4 Å². The lowest BCUT2D eigenvalue weighted by Crippen LogP contribution is -2.45. The molecule has 1 amide bonds. The van der Waals surface area contributed by atoms with Crippen molar-refractivity contribution in [1.82, 2.24) is 5.32 Å². The van der Waals surface area contributed by atoms with Gasteiger partial charge in [-0.05, 0) is 37.0 Å². The summed E-state index contributed by atoms with van der Waals surface area (Å²) in [5.74, 6) is 2.13. The highest BCUT2D eigenvalue weighted by molar-refractivity contribution is 5.79. The van der Waals surface area contributed by atoms with Crippen LogP contribution in [0.5, 0.6) is 0 Å². The maximum Gasteiger partial charge on any atom is 0.223 e. The maximum absolute atomic E-state index is 12.1. The number of rotatable bonds is 4. The molecule has 0 heterocycles. The molecule has 2 N–H and O–H groups in total. The van der Waals surface area contributed by atoms with Crippen LogP contribution in [-0.4, -0.2) is 23.7 Å². The smallest absolute Gasteiger partial charge is 0.223 e. The fourth-order valence-electron chi connectivity index (χ4n) is 3.28. The van der Waals surface area contributed by atoms with E-state index in [0.29, 0.717) is 11.8 Å². The van der Waals surface area contributed by atoms with Gasteiger partial charge in [0.05, 0.1) is 12.6 Å². The van der Waals surface area contributed by atoms with E-state index < -0.39 is 0 Å². The lowest BCUT2D eigenvalue weighted by molar-refractivity contribution is -0.127. The number of fused-ring (bicyclic) bond motifs is 2. The molecule has 0 aromatic heterocycles. The third-order valence-corrected chi connectivity index (χ3v) is 4.40. The number of carbonyl (C=O) groups excluding carboxylic acids is 1. The normalized spacial score (nSPS) is 34.4. The molecule has 2 aliphatic rings. The van der Waals surface area contributed by atoms with Gasteiger partial charge in [0, 0.05) is 5.92 Å². The van der Waals surface area contributed by atoms with Crippen LogP contribution in [0, 0.1) is 23.7 Å². The largest absolute Gasteiger partial charge is 0.394 e. The van der Waals surface area contributed by atoms with Gasteiger partial charge in [-0.3, -0.25) is 4.79 Å². The third kappa shape index (κ3) is 2.24. The Kier molecular flexibility index (Phi) is 3.53. The van der Waals surface area contributed by atoms with Gasteiger partial charge in [-0.1, -0.05) is 20.3 Å². The van der Waals surface area contributed by atoms with Crippen LogP contribution in [0.15, 0.2) is 0 Å². The molecular weight excluding hydrogens is 202 g/mol. The first-order valence-corrected chi connectivity index (χ1v) is 6.53. The van der Waals surface area contributed by atoms with Crippen molar-refractivity contribution in [2.45, 2.75) is 45.6 Å². The van der Waals surface area contributed by atoms with Crippen LogP contribution in [0.1, 0.15) is 39.5 Å². The molecule has 0 radical (unpaired) electrons. The molecule has 2 rings (SSSR count). The van der Waals surface area contributed by atoms with Gasteiger partial charge in [0.2, 0.25) is 5.91 Å². The quantitative estimate of drug-likeness (QED) is 0.762. The average Bonchev–Trinajstić information content (AvgIpc) is 2.86. The number of nitrogens with one attached hydrogen (secondary N) is 1. The lowest BCUT2D eigenvalue weighted by atomic mass is 9.87. The second-order valence-electron chi connectivity index (χ2n) is 5.82. The monoisotopic (exact) mass is 225 g/mol. The van der Waals surface area contributed by atoms with E-state index in [0.717, 1.165) is 12.3 Å². The Morgan fingerprint density at radius 3 is 2.56 bits per heavy atom. The van der Waals surface area contributed by atoms with Crippen molar-refractivity contribution >= 4 is 5.91 Å². The topological polar surface area (TPSA) is 49.3 Å². The Bertz CT molecular complexity index is 265. The zero-order valence-electron chi connectivity index (χ0n) is 10.3. The Morgan fingerprint density at radius 1 is 1.38 bits per heavy atom. The molecular formula is C13H23NO2. The van der Waals surface area contributed by atoms with Crippen molar-refractivity contribution in [3.8, 4) is 0 Å². The molecule has 16 heavy (non-hydrogen) atoms. The molecule has 0 aromatic carbocycles. The summed E-state index contributed by atoms with van der Waals surface area (Å²) in [7, 11) is 0. The van der Waals surface area contributed by atoms with E-state index in [4.69, 9.17) is 0 Å². The highest BCUT2D eigenvalue weighted by atomic mass is 16.3. The number of aliphatic hydroxyl groups is 1. The first-order valence-electron chi connectivity index (χ1n) is 6.53. The van der Waals surface area contributed by atoms with Crippen LogP contribution in [0.25, 0.3) is 0 Å². The summed E-state index contributed by atoms with van der Waals surface area (Å²) in [5, 5.41) is 12.2. The predicted octanol–water partition coefficient (Wildman–Crippen LogP) is 1.56. The second kappa shape index (κ2) is 4.74. The molecule has 0 saturated heterocycles. The van der Waals surface area contributed by atoms with Crippen LogP contribution < -0.4 is 5.32 Å². The van der Waals surface area contributed by atoms with Crippen LogP contribution in [-0.2, 0) is 4.79 Å². The summed E-state index contributed by atoms with van der Waals surface area (Å²) in [6.45, 7) is 4.11. The minimum Gasteiger partial charge on any atom is -0.394 e. The van der Waals surface area contributed by atoms with Gasteiger partial charge in [0.25, 0.3) is 0 Å². The van der Waals surface area contributed by atoms with E-state index in [-0.39, 0.29) is 24.5 Å². The molecule has 0 aromatic rings. The molecule has 2 bridgehead atoms. The third-order valence-electron chi connectivity index (χ3n) is 4.40. The van der Waals surface area contributed by atoms with Crippen molar-refractivity contribution < 1.29 is 9.90 Å². The molecule has 4 atom stereocenters. The van der Waals surface area contributed by atoms with E-state index in [2.05, 4.69) is 5.32 Å². The van der Waals surface area contributed by atoms with Crippen LogP contribution in [0.2, 0.25) is 0 Å². The Morgan fingerprint density at radius 2 is 2.12 bits per heavy atom. The van der Waals surface area contributed by atoms with Crippen LogP contribution in [0.3, 0.4) is 0 Å². The maximum atomic E-state index is 12.1. The summed E-state index contributed by atoms with van der Waals surface area (Å²) in [5.41, 5.74) is 0. The van der Waals surface area contributed by atoms with E-state index in [1.54, 1.807) is 0 Å². The van der Waals surface area contributed by atoms with Crippen molar-refractivity contribution in [1.29, 1.82) is 0 Å². The summed E-state index contributed by atoms with van der Waals surface area (Å²) >= 11 is 0. The number of aliphatic hydroxyl groups excluding tert-OH is 1. The summed E-state index contributed by atoms with van der Waals surface area (Å²) in [6.07, 6.45) is 4.88. The van der Waals surface area contributed by atoms with Crippen LogP contribution >= 0.6 is 0 Å². The standard InChI is InChI=1S/C13H23NO2/c1-8(2)12(7-15)14-13(16)11-6-9-3-4-10(11)5-9/h8-12,15H,3-7H2,1-2H3,(H,14,16). The van der Waals surface area contributed by atoms with Crippen molar-refractivity contribution in [3.63, 3.8) is 0 Å². The summed E-state index contributed by atoms with van der Waals surface area (Å²) in [6, 6.07) is -0.0772. The lowest BCUT2D eigenvalue weighted by Gasteiger charge is -2.26. The number of hydrogen-bond acceptors (Lipinski definition) is 2. The molecule has 3 heteroatoms. The minimum atomic E-state index is -0.0772. The van der Waals surface area contributed by atoms with Crippen LogP contribution in [0.4, 0.5) is 0 Å². The molecule has 2 saturated carbocycles. The molecule has 4 unspecified atom stereocenters. The molecule has 2 aliphatic carbocycles. The highest BCUT2D eigenvalue weighted by Crippen LogP contribution is 2.48. The molecule has 92 valence electrons. The highest BCUT2D eigenvalue weighted by Gasteiger charge is 2.43. The summed E-state index contributed by atoms with van der Waals surface area (Å²) < 4.78 is 0. The first-order chi connectivity index (χ1) is 7.61. The van der Waals surface area contributed by atoms with Gasteiger partial charge in [0.1, 0.15) is 0 Å². The molecule has 3 nitrogen and oxygen atoms in total. The van der Waals surface area contributed by atoms with Crippen molar-refractivity contribution in [2.75, 3.05) is 6.61 Å². The van der Waals surface area contributed by atoms with Gasteiger partial charge >= 0.3 is 0 Å². The second-order valence-corrected chi connectivity index (χ2v) is 5.82.